The zero-order chi connectivity index (χ0) is 14.5. The van der Waals surface area contributed by atoms with Gasteiger partial charge in [0.15, 0.2) is 0 Å². The smallest absolute Gasteiger partial charge is 0.123 e. The van der Waals surface area contributed by atoms with Crippen molar-refractivity contribution in [3.63, 3.8) is 0 Å². The first kappa shape index (κ1) is 15.4. The molecule has 0 fully saturated rings. The van der Waals surface area contributed by atoms with Crippen molar-refractivity contribution in [2.75, 3.05) is 7.11 Å². The predicted octanol–water partition coefficient (Wildman–Crippen LogP) is 4.96. The molecule has 2 aromatic rings. The summed E-state index contributed by atoms with van der Waals surface area (Å²) >= 11 is 9.66. The molecule has 0 amide bonds. The summed E-state index contributed by atoms with van der Waals surface area (Å²) in [6, 6.07) is 14.1. The molecule has 20 heavy (non-hydrogen) atoms. The number of methoxy groups -OCH3 is 1. The van der Waals surface area contributed by atoms with E-state index in [0.29, 0.717) is 6.54 Å². The first-order chi connectivity index (χ1) is 9.61. The zero-order valence-corrected chi connectivity index (χ0v) is 13.8. The molecule has 0 radical (unpaired) electrons. The van der Waals surface area contributed by atoms with E-state index in [4.69, 9.17) is 16.3 Å². The minimum atomic E-state index is 0.182. The van der Waals surface area contributed by atoms with Crippen molar-refractivity contribution in [3.05, 3.63) is 63.1 Å². The van der Waals surface area contributed by atoms with Crippen LogP contribution in [-0.4, -0.2) is 7.11 Å². The maximum atomic E-state index is 6.20. The van der Waals surface area contributed by atoms with Crippen LogP contribution >= 0.6 is 27.5 Å². The molecule has 0 aliphatic rings. The van der Waals surface area contributed by atoms with E-state index in [2.05, 4.69) is 34.2 Å². The van der Waals surface area contributed by atoms with Gasteiger partial charge in [0.1, 0.15) is 5.75 Å². The molecule has 0 bridgehead atoms. The Balaban J connectivity index is 2.08. The van der Waals surface area contributed by atoms with Crippen LogP contribution in [0.3, 0.4) is 0 Å². The molecule has 0 heterocycles. The second-order valence-electron chi connectivity index (χ2n) is 4.58. The van der Waals surface area contributed by atoms with E-state index in [1.807, 2.05) is 36.4 Å². The van der Waals surface area contributed by atoms with Gasteiger partial charge in [-0.2, -0.15) is 0 Å². The van der Waals surface area contributed by atoms with E-state index >= 15 is 0 Å². The lowest BCUT2D eigenvalue weighted by atomic mass is 10.1. The van der Waals surface area contributed by atoms with Crippen molar-refractivity contribution in [1.29, 1.82) is 0 Å². The van der Waals surface area contributed by atoms with Crippen LogP contribution in [-0.2, 0) is 6.54 Å². The summed E-state index contributed by atoms with van der Waals surface area (Å²) in [5.74, 6) is 0.896. The second kappa shape index (κ2) is 7.11. The van der Waals surface area contributed by atoms with Crippen LogP contribution < -0.4 is 10.1 Å². The molecule has 0 aromatic heterocycles. The van der Waals surface area contributed by atoms with Gasteiger partial charge < -0.3 is 10.1 Å². The van der Waals surface area contributed by atoms with Gasteiger partial charge >= 0.3 is 0 Å². The first-order valence-corrected chi connectivity index (χ1v) is 7.59. The Morgan fingerprint density at radius 3 is 2.75 bits per heavy atom. The van der Waals surface area contributed by atoms with E-state index in [9.17, 15) is 0 Å². The van der Waals surface area contributed by atoms with Gasteiger partial charge in [-0.25, -0.2) is 0 Å². The molecule has 4 heteroatoms. The molecule has 1 atom stereocenters. The lowest BCUT2D eigenvalue weighted by molar-refractivity contribution is 0.401. The fourth-order valence-corrected chi connectivity index (χ4v) is 2.67. The highest BCUT2D eigenvalue weighted by atomic mass is 79.9. The van der Waals surface area contributed by atoms with Gasteiger partial charge in [-0.3, -0.25) is 0 Å². The Labute approximate surface area is 133 Å². The summed E-state index contributed by atoms with van der Waals surface area (Å²) < 4.78 is 6.42. The van der Waals surface area contributed by atoms with Crippen molar-refractivity contribution < 1.29 is 4.74 Å². The summed E-state index contributed by atoms with van der Waals surface area (Å²) in [4.78, 5) is 0. The van der Waals surface area contributed by atoms with E-state index in [1.54, 1.807) is 7.11 Å². The van der Waals surface area contributed by atoms with E-state index < -0.39 is 0 Å². The van der Waals surface area contributed by atoms with Gasteiger partial charge in [0.2, 0.25) is 0 Å². The summed E-state index contributed by atoms with van der Waals surface area (Å²) in [5.41, 5.74) is 2.21. The van der Waals surface area contributed by atoms with Crippen LogP contribution in [0.5, 0.6) is 5.75 Å². The SMILES string of the molecule is COc1ccccc1C(C)NCc1cc(Br)ccc1Cl. The summed E-state index contributed by atoms with van der Waals surface area (Å²) in [7, 11) is 1.69. The molecule has 106 valence electrons. The summed E-state index contributed by atoms with van der Waals surface area (Å²) in [6.45, 7) is 2.82. The van der Waals surface area contributed by atoms with Crippen LogP contribution in [0.15, 0.2) is 46.9 Å². The Bertz CT molecular complexity index is 588. The number of benzene rings is 2. The highest BCUT2D eigenvalue weighted by Gasteiger charge is 2.11. The van der Waals surface area contributed by atoms with Crippen LogP contribution in [0.4, 0.5) is 0 Å². The van der Waals surface area contributed by atoms with Gasteiger partial charge in [0.25, 0.3) is 0 Å². The van der Waals surface area contributed by atoms with E-state index in [-0.39, 0.29) is 6.04 Å². The maximum absolute atomic E-state index is 6.20. The van der Waals surface area contributed by atoms with Gasteiger partial charge in [-0.1, -0.05) is 45.7 Å². The lowest BCUT2D eigenvalue weighted by Crippen LogP contribution is -2.18. The van der Waals surface area contributed by atoms with Gasteiger partial charge in [-0.15, -0.1) is 0 Å². The molecular formula is C16H17BrClNO. The lowest BCUT2D eigenvalue weighted by Gasteiger charge is -2.17. The number of rotatable bonds is 5. The molecule has 1 unspecified atom stereocenters. The number of ether oxygens (including phenoxy) is 1. The molecule has 0 aliphatic heterocycles. The predicted molar refractivity (Wildman–Crippen MR) is 87.4 cm³/mol. The van der Waals surface area contributed by atoms with Crippen molar-refractivity contribution in [2.24, 2.45) is 0 Å². The van der Waals surface area contributed by atoms with Gasteiger partial charge in [-0.05, 0) is 36.8 Å². The third-order valence-electron chi connectivity index (χ3n) is 3.21. The quantitative estimate of drug-likeness (QED) is 0.819. The number of hydrogen-bond acceptors (Lipinski definition) is 2. The Hall–Kier alpha value is -1.03. The maximum Gasteiger partial charge on any atom is 0.123 e. The monoisotopic (exact) mass is 353 g/mol. The molecule has 0 aliphatic carbocycles. The van der Waals surface area contributed by atoms with Crippen LogP contribution in [0.1, 0.15) is 24.1 Å². The molecule has 0 spiro atoms. The van der Waals surface area contributed by atoms with Crippen LogP contribution in [0.2, 0.25) is 5.02 Å². The largest absolute Gasteiger partial charge is 0.496 e. The van der Waals surface area contributed by atoms with Crippen molar-refractivity contribution in [2.45, 2.75) is 19.5 Å². The Morgan fingerprint density at radius 2 is 2.00 bits per heavy atom. The minimum absolute atomic E-state index is 0.182. The van der Waals surface area contributed by atoms with Gasteiger partial charge in [0, 0.05) is 27.6 Å². The van der Waals surface area contributed by atoms with Gasteiger partial charge in [0.05, 0.1) is 7.11 Å². The zero-order valence-electron chi connectivity index (χ0n) is 11.5. The highest BCUT2D eigenvalue weighted by Crippen LogP contribution is 2.26. The molecule has 2 aromatic carbocycles. The molecular weight excluding hydrogens is 338 g/mol. The Kier molecular flexibility index (Phi) is 5.46. The molecule has 0 saturated heterocycles. The second-order valence-corrected chi connectivity index (χ2v) is 5.90. The summed E-state index contributed by atoms with van der Waals surface area (Å²) in [6.07, 6.45) is 0. The molecule has 1 N–H and O–H groups in total. The van der Waals surface area contributed by atoms with Crippen molar-refractivity contribution >= 4 is 27.5 Å². The fraction of sp³-hybridized carbons (Fsp3) is 0.250. The third-order valence-corrected chi connectivity index (χ3v) is 4.07. The fourth-order valence-electron chi connectivity index (χ4n) is 2.08. The molecule has 2 nitrogen and oxygen atoms in total. The third kappa shape index (κ3) is 3.75. The Morgan fingerprint density at radius 1 is 1.25 bits per heavy atom. The standard InChI is InChI=1S/C16H17BrClNO/c1-11(14-5-3-4-6-16(14)20-2)19-10-12-9-13(17)7-8-15(12)18/h3-9,11,19H,10H2,1-2H3. The van der Waals surface area contributed by atoms with Crippen molar-refractivity contribution in [1.82, 2.24) is 5.32 Å². The molecule has 2 rings (SSSR count). The number of halogens is 2. The molecule has 0 saturated carbocycles. The average Bonchev–Trinajstić information content (AvgIpc) is 2.47. The van der Waals surface area contributed by atoms with E-state index in [0.717, 1.165) is 26.4 Å². The topological polar surface area (TPSA) is 21.3 Å². The highest BCUT2D eigenvalue weighted by molar-refractivity contribution is 9.10. The summed E-state index contributed by atoms with van der Waals surface area (Å²) in [5, 5.41) is 4.24. The normalized spacial score (nSPS) is 12.2. The van der Waals surface area contributed by atoms with Crippen molar-refractivity contribution in [3.8, 4) is 5.75 Å². The number of nitrogens with one attached hydrogen (secondary N) is 1. The van der Waals surface area contributed by atoms with E-state index in [1.165, 1.54) is 0 Å². The average molecular weight is 355 g/mol. The number of hydrogen-bond donors (Lipinski definition) is 1. The first-order valence-electron chi connectivity index (χ1n) is 6.42. The van der Waals surface area contributed by atoms with Crippen LogP contribution in [0, 0.1) is 0 Å². The number of para-hydroxylation sites is 1. The minimum Gasteiger partial charge on any atom is -0.496 e. The van der Waals surface area contributed by atoms with Crippen LogP contribution in [0.25, 0.3) is 0 Å².